The highest BCUT2D eigenvalue weighted by Gasteiger charge is 2.22. The fraction of sp³-hybridized carbons (Fsp3) is 0.455. The highest BCUT2D eigenvalue weighted by Crippen LogP contribution is 2.25. The molecule has 3 rings (SSSR count). The molecule has 0 aromatic carbocycles. The van der Waals surface area contributed by atoms with E-state index in [1.54, 1.807) is 6.20 Å². The van der Waals surface area contributed by atoms with E-state index >= 15 is 0 Å². The predicted molar refractivity (Wildman–Crippen MR) is 57.7 cm³/mol. The molecule has 2 aromatic rings. The quantitative estimate of drug-likeness (QED) is 0.761. The van der Waals surface area contributed by atoms with Crippen LogP contribution >= 0.6 is 0 Å². The van der Waals surface area contributed by atoms with Gasteiger partial charge >= 0.3 is 0 Å². The second kappa shape index (κ2) is 3.31. The predicted octanol–water partition coefficient (Wildman–Crippen LogP) is 1.46. The lowest BCUT2D eigenvalue weighted by Gasteiger charge is -2.10. The summed E-state index contributed by atoms with van der Waals surface area (Å²) in [5.41, 5.74) is 2.36. The molecule has 4 heteroatoms. The molecule has 1 unspecified atom stereocenters. The molecule has 1 atom stereocenters. The van der Waals surface area contributed by atoms with Crippen molar-refractivity contribution < 1.29 is 0 Å². The molecule has 0 bridgehead atoms. The van der Waals surface area contributed by atoms with E-state index < -0.39 is 0 Å². The summed E-state index contributed by atoms with van der Waals surface area (Å²) in [6, 6.07) is 2.40. The van der Waals surface area contributed by atoms with Crippen molar-refractivity contribution in [3.8, 4) is 0 Å². The lowest BCUT2D eigenvalue weighted by atomic mass is 10.1. The van der Waals surface area contributed by atoms with Gasteiger partial charge in [-0.05, 0) is 32.4 Å². The van der Waals surface area contributed by atoms with Crippen LogP contribution in [0.5, 0.6) is 0 Å². The van der Waals surface area contributed by atoms with Gasteiger partial charge < -0.3 is 5.32 Å². The number of nitrogens with one attached hydrogen (secondary N) is 1. The van der Waals surface area contributed by atoms with E-state index in [1.165, 1.54) is 18.5 Å². The first-order chi connectivity index (χ1) is 7.36. The van der Waals surface area contributed by atoms with Gasteiger partial charge in [0.2, 0.25) is 5.78 Å². The zero-order chi connectivity index (χ0) is 10.3. The Kier molecular flexibility index (Phi) is 1.95. The molecule has 2 aromatic heterocycles. The van der Waals surface area contributed by atoms with Crippen molar-refractivity contribution in [2.75, 3.05) is 6.54 Å². The van der Waals surface area contributed by atoms with Crippen LogP contribution < -0.4 is 5.32 Å². The Labute approximate surface area is 88.4 Å². The van der Waals surface area contributed by atoms with Crippen LogP contribution in [0.2, 0.25) is 0 Å². The Hall–Kier alpha value is -1.42. The minimum Gasteiger partial charge on any atom is -0.309 e. The summed E-state index contributed by atoms with van der Waals surface area (Å²) < 4.78 is 2.10. The fourth-order valence-electron chi connectivity index (χ4n) is 2.35. The maximum atomic E-state index is 4.47. The number of imidazole rings is 1. The van der Waals surface area contributed by atoms with Gasteiger partial charge in [0.25, 0.3) is 0 Å². The lowest BCUT2D eigenvalue weighted by molar-refractivity contribution is 0.617. The van der Waals surface area contributed by atoms with Crippen LogP contribution in [-0.2, 0) is 0 Å². The maximum Gasteiger partial charge on any atom is 0.234 e. The third-order valence-corrected chi connectivity index (χ3v) is 3.01. The molecule has 4 nitrogen and oxygen atoms in total. The van der Waals surface area contributed by atoms with Gasteiger partial charge in [-0.15, -0.1) is 0 Å². The molecule has 0 spiro atoms. The van der Waals surface area contributed by atoms with Gasteiger partial charge in [0.1, 0.15) is 0 Å². The molecule has 15 heavy (non-hydrogen) atoms. The summed E-state index contributed by atoms with van der Waals surface area (Å²) >= 11 is 0. The van der Waals surface area contributed by atoms with E-state index in [4.69, 9.17) is 0 Å². The van der Waals surface area contributed by atoms with Crippen LogP contribution in [-0.4, -0.2) is 20.9 Å². The van der Waals surface area contributed by atoms with Gasteiger partial charge in [0.15, 0.2) is 0 Å². The molecule has 1 N–H and O–H groups in total. The van der Waals surface area contributed by atoms with Crippen LogP contribution in [0.4, 0.5) is 0 Å². The number of aromatic nitrogens is 3. The van der Waals surface area contributed by atoms with E-state index in [-0.39, 0.29) is 0 Å². The number of rotatable bonds is 1. The van der Waals surface area contributed by atoms with Crippen LogP contribution in [0, 0.1) is 6.92 Å². The zero-order valence-electron chi connectivity index (χ0n) is 8.77. The van der Waals surface area contributed by atoms with Gasteiger partial charge in [-0.2, -0.15) is 0 Å². The summed E-state index contributed by atoms with van der Waals surface area (Å²) in [5.74, 6) is 0.804. The van der Waals surface area contributed by atoms with Crippen LogP contribution in [0.1, 0.15) is 30.3 Å². The van der Waals surface area contributed by atoms with Crippen molar-refractivity contribution in [1.29, 1.82) is 0 Å². The van der Waals surface area contributed by atoms with E-state index in [0.717, 1.165) is 18.0 Å². The highest BCUT2D eigenvalue weighted by molar-refractivity contribution is 5.36. The molecule has 0 radical (unpaired) electrons. The van der Waals surface area contributed by atoms with E-state index in [1.807, 2.05) is 12.3 Å². The zero-order valence-corrected chi connectivity index (χ0v) is 8.77. The Balaban J connectivity index is 2.19. The molecule has 1 aliphatic rings. The average Bonchev–Trinajstić information content (AvgIpc) is 2.82. The first-order valence-electron chi connectivity index (χ1n) is 5.39. The Bertz CT molecular complexity index is 482. The van der Waals surface area contributed by atoms with Crippen LogP contribution in [0.25, 0.3) is 5.78 Å². The Morgan fingerprint density at radius 2 is 2.47 bits per heavy atom. The standard InChI is InChI=1S/C11H14N4/c1-8-10(9-4-2-5-12-9)15-7-3-6-13-11(15)14-8/h3,6-7,9,12H,2,4-5H2,1H3. The van der Waals surface area contributed by atoms with Gasteiger partial charge in [0.05, 0.1) is 11.4 Å². The van der Waals surface area contributed by atoms with Crippen molar-refractivity contribution in [2.24, 2.45) is 0 Å². The Morgan fingerprint density at radius 1 is 1.53 bits per heavy atom. The third-order valence-electron chi connectivity index (χ3n) is 3.01. The lowest BCUT2D eigenvalue weighted by Crippen LogP contribution is -2.15. The van der Waals surface area contributed by atoms with Crippen molar-refractivity contribution in [3.05, 3.63) is 29.8 Å². The molecule has 3 heterocycles. The summed E-state index contributed by atoms with van der Waals surface area (Å²) in [5, 5.41) is 3.50. The van der Waals surface area contributed by atoms with Crippen LogP contribution in [0.15, 0.2) is 18.5 Å². The van der Waals surface area contributed by atoms with Crippen molar-refractivity contribution in [3.63, 3.8) is 0 Å². The molecular formula is C11H14N4. The normalized spacial score (nSPS) is 21.3. The molecule has 0 amide bonds. The number of fused-ring (bicyclic) bond motifs is 1. The monoisotopic (exact) mass is 202 g/mol. The summed E-state index contributed by atoms with van der Waals surface area (Å²) in [6.07, 6.45) is 6.27. The summed E-state index contributed by atoms with van der Waals surface area (Å²) in [7, 11) is 0. The van der Waals surface area contributed by atoms with Crippen LogP contribution in [0.3, 0.4) is 0 Å². The number of aryl methyl sites for hydroxylation is 1. The van der Waals surface area contributed by atoms with Gasteiger partial charge in [-0.25, -0.2) is 9.97 Å². The highest BCUT2D eigenvalue weighted by atomic mass is 15.1. The topological polar surface area (TPSA) is 42.2 Å². The molecule has 1 saturated heterocycles. The summed E-state index contributed by atoms with van der Waals surface area (Å²) in [6.45, 7) is 3.17. The maximum absolute atomic E-state index is 4.47. The SMILES string of the molecule is Cc1nc2ncccn2c1C1CCCN1. The minimum atomic E-state index is 0.448. The molecular weight excluding hydrogens is 188 g/mol. The largest absolute Gasteiger partial charge is 0.309 e. The first-order valence-corrected chi connectivity index (χ1v) is 5.39. The van der Waals surface area contributed by atoms with E-state index in [0.29, 0.717) is 6.04 Å². The molecule has 0 saturated carbocycles. The summed E-state index contributed by atoms with van der Waals surface area (Å²) in [4.78, 5) is 8.73. The second-order valence-corrected chi connectivity index (χ2v) is 4.02. The molecule has 78 valence electrons. The molecule has 1 fully saturated rings. The fourth-order valence-corrected chi connectivity index (χ4v) is 2.35. The van der Waals surface area contributed by atoms with E-state index in [9.17, 15) is 0 Å². The number of hydrogen-bond acceptors (Lipinski definition) is 3. The van der Waals surface area contributed by atoms with Gasteiger partial charge in [-0.1, -0.05) is 0 Å². The van der Waals surface area contributed by atoms with Gasteiger partial charge in [-0.3, -0.25) is 4.40 Å². The minimum absolute atomic E-state index is 0.448. The third kappa shape index (κ3) is 1.33. The number of nitrogens with zero attached hydrogens (tertiary/aromatic N) is 3. The second-order valence-electron chi connectivity index (χ2n) is 4.02. The number of hydrogen-bond donors (Lipinski definition) is 1. The van der Waals surface area contributed by atoms with Crippen molar-refractivity contribution >= 4 is 5.78 Å². The Morgan fingerprint density at radius 3 is 3.27 bits per heavy atom. The van der Waals surface area contributed by atoms with E-state index in [2.05, 4.69) is 26.6 Å². The molecule has 0 aliphatic carbocycles. The average molecular weight is 202 g/mol. The smallest absolute Gasteiger partial charge is 0.234 e. The van der Waals surface area contributed by atoms with Gasteiger partial charge in [0, 0.05) is 18.4 Å². The first kappa shape index (κ1) is 8.85. The van der Waals surface area contributed by atoms with Crippen molar-refractivity contribution in [2.45, 2.75) is 25.8 Å². The van der Waals surface area contributed by atoms with Crippen molar-refractivity contribution in [1.82, 2.24) is 19.7 Å². The molecule has 1 aliphatic heterocycles.